The predicted octanol–water partition coefficient (Wildman–Crippen LogP) is 4.10. The molecule has 3 aromatic rings. The number of nitrogens with one attached hydrogen (secondary N) is 1. The fourth-order valence-corrected chi connectivity index (χ4v) is 4.13. The molecule has 1 saturated heterocycles. The number of morpholine rings is 1. The van der Waals surface area contributed by atoms with Gasteiger partial charge >= 0.3 is 0 Å². The van der Waals surface area contributed by atoms with E-state index in [0.29, 0.717) is 47.5 Å². The highest BCUT2D eigenvalue weighted by Crippen LogP contribution is 2.39. The van der Waals surface area contributed by atoms with E-state index in [2.05, 4.69) is 10.2 Å². The number of halogens is 1. The molecule has 0 radical (unpaired) electrons. The smallest absolute Gasteiger partial charge is 0.268 e. The summed E-state index contributed by atoms with van der Waals surface area (Å²) in [5, 5.41) is 13.9. The first-order valence-electron chi connectivity index (χ1n) is 10.5. The second-order valence-corrected chi connectivity index (χ2v) is 7.83. The zero-order valence-corrected chi connectivity index (χ0v) is 18.9. The summed E-state index contributed by atoms with van der Waals surface area (Å²) in [6, 6.07) is 14.7. The third-order valence-corrected chi connectivity index (χ3v) is 5.78. The number of rotatable bonds is 6. The first-order valence-corrected chi connectivity index (χ1v) is 10.9. The fourth-order valence-electron chi connectivity index (χ4n) is 3.89. The second-order valence-electron chi connectivity index (χ2n) is 7.42. The van der Waals surface area contributed by atoms with Gasteiger partial charge in [0.1, 0.15) is 17.2 Å². The quantitative estimate of drug-likeness (QED) is 0.585. The largest absolute Gasteiger partial charge is 0.507 e. The molecular weight excluding hydrogens is 430 g/mol. The Morgan fingerprint density at radius 2 is 1.81 bits per heavy atom. The van der Waals surface area contributed by atoms with Crippen molar-refractivity contribution >= 4 is 23.2 Å². The van der Waals surface area contributed by atoms with E-state index < -0.39 is 0 Å². The van der Waals surface area contributed by atoms with Crippen molar-refractivity contribution in [1.29, 1.82) is 0 Å². The van der Waals surface area contributed by atoms with Gasteiger partial charge in [-0.3, -0.25) is 4.79 Å². The summed E-state index contributed by atoms with van der Waals surface area (Å²) in [5.41, 5.74) is 3.51. The highest BCUT2D eigenvalue weighted by Gasteiger charge is 2.21. The maximum atomic E-state index is 12.8. The fraction of sp³-hybridized carbons (Fsp3) is 0.292. The first-order chi connectivity index (χ1) is 15.5. The minimum atomic E-state index is -0.199. The van der Waals surface area contributed by atoms with Gasteiger partial charge in [0, 0.05) is 42.6 Å². The lowest BCUT2D eigenvalue weighted by Gasteiger charge is -2.29. The van der Waals surface area contributed by atoms with Crippen LogP contribution in [0.15, 0.2) is 48.5 Å². The number of hydrogen-bond acceptors (Lipinski definition) is 5. The van der Waals surface area contributed by atoms with Gasteiger partial charge in [-0.2, -0.15) is 0 Å². The van der Waals surface area contributed by atoms with E-state index in [4.69, 9.17) is 21.1 Å². The zero-order chi connectivity index (χ0) is 22.7. The Kier molecular flexibility index (Phi) is 6.58. The maximum Gasteiger partial charge on any atom is 0.268 e. The summed E-state index contributed by atoms with van der Waals surface area (Å²) in [7, 11) is 1.49. The molecule has 0 saturated carbocycles. The number of aromatic hydroxyl groups is 1. The molecule has 1 aliphatic rings. The number of amides is 1. The average molecular weight is 456 g/mol. The molecule has 1 aliphatic heterocycles. The molecule has 0 spiro atoms. The maximum absolute atomic E-state index is 12.8. The van der Waals surface area contributed by atoms with Gasteiger partial charge in [-0.15, -0.1) is 0 Å². The van der Waals surface area contributed by atoms with E-state index in [1.54, 1.807) is 18.2 Å². The van der Waals surface area contributed by atoms with Gasteiger partial charge in [0.2, 0.25) is 0 Å². The van der Waals surface area contributed by atoms with Gasteiger partial charge in [0.05, 0.1) is 31.0 Å². The van der Waals surface area contributed by atoms with Crippen molar-refractivity contribution in [3.8, 4) is 28.4 Å². The molecular formula is C24H26ClN3O4. The Morgan fingerprint density at radius 3 is 2.47 bits per heavy atom. The van der Waals surface area contributed by atoms with E-state index in [1.807, 2.05) is 35.8 Å². The number of benzene rings is 2. The lowest BCUT2D eigenvalue weighted by Crippen LogP contribution is -2.36. The molecule has 1 aromatic heterocycles. The van der Waals surface area contributed by atoms with Crippen LogP contribution >= 0.6 is 11.6 Å². The molecule has 2 aromatic carbocycles. The van der Waals surface area contributed by atoms with Crippen molar-refractivity contribution in [1.82, 2.24) is 9.88 Å². The number of phenols is 1. The monoisotopic (exact) mass is 455 g/mol. The van der Waals surface area contributed by atoms with E-state index in [-0.39, 0.29) is 11.7 Å². The summed E-state index contributed by atoms with van der Waals surface area (Å²) in [6.45, 7) is 5.49. The zero-order valence-electron chi connectivity index (χ0n) is 18.1. The van der Waals surface area contributed by atoms with Crippen LogP contribution in [0.4, 0.5) is 5.69 Å². The van der Waals surface area contributed by atoms with Crippen LogP contribution in [-0.2, 0) is 4.74 Å². The normalized spacial score (nSPS) is 13.8. The molecule has 1 amide bonds. The molecule has 0 atom stereocenters. The number of methoxy groups -OCH3 is 1. The minimum absolute atomic E-state index is 0.0120. The molecule has 1 fully saturated rings. The second kappa shape index (κ2) is 9.54. The van der Waals surface area contributed by atoms with Gasteiger partial charge in [-0.1, -0.05) is 11.6 Å². The number of carbonyl (C=O) groups excluding carboxylic acids is 1. The lowest BCUT2D eigenvalue weighted by molar-refractivity contribution is 0.0949. The molecule has 4 rings (SSSR count). The lowest BCUT2D eigenvalue weighted by atomic mass is 10.1. The number of carbonyl (C=O) groups is 1. The highest BCUT2D eigenvalue weighted by molar-refractivity contribution is 6.32. The Morgan fingerprint density at radius 1 is 1.12 bits per heavy atom. The van der Waals surface area contributed by atoms with Crippen molar-refractivity contribution in [2.24, 2.45) is 0 Å². The van der Waals surface area contributed by atoms with Crippen molar-refractivity contribution < 1.29 is 19.4 Å². The van der Waals surface area contributed by atoms with Gasteiger partial charge < -0.3 is 29.4 Å². The van der Waals surface area contributed by atoms with Crippen molar-refractivity contribution in [3.63, 3.8) is 0 Å². The number of aromatic nitrogens is 1. The summed E-state index contributed by atoms with van der Waals surface area (Å²) >= 11 is 6.34. The van der Waals surface area contributed by atoms with Crippen LogP contribution in [0.3, 0.4) is 0 Å². The third-order valence-electron chi connectivity index (χ3n) is 5.48. The van der Waals surface area contributed by atoms with E-state index in [9.17, 15) is 9.90 Å². The summed E-state index contributed by atoms with van der Waals surface area (Å²) in [6.07, 6.45) is 0. The van der Waals surface area contributed by atoms with Gasteiger partial charge in [-0.25, -0.2) is 0 Å². The predicted molar refractivity (Wildman–Crippen MR) is 125 cm³/mol. The SMILES string of the molecule is CCNC(=O)c1ccc(-c2cc(Cl)c(OC)cc2O)n1-c1ccc(N2CCOCC2)cc1. The highest BCUT2D eigenvalue weighted by atomic mass is 35.5. The Hall–Kier alpha value is -3.16. The summed E-state index contributed by atoms with van der Waals surface area (Å²) in [5.74, 6) is 0.193. The van der Waals surface area contributed by atoms with Gasteiger partial charge in [-0.05, 0) is 49.4 Å². The number of ether oxygens (including phenoxy) is 2. The number of phenolic OH excluding ortho intramolecular Hbond substituents is 1. The number of hydrogen-bond donors (Lipinski definition) is 2. The van der Waals surface area contributed by atoms with Crippen LogP contribution in [0.2, 0.25) is 5.02 Å². The molecule has 0 bridgehead atoms. The molecule has 0 unspecified atom stereocenters. The van der Waals surface area contributed by atoms with Gasteiger partial charge in [0.15, 0.2) is 0 Å². The Bertz CT molecular complexity index is 1110. The molecule has 168 valence electrons. The van der Waals surface area contributed by atoms with Crippen LogP contribution in [0, 0.1) is 0 Å². The number of nitrogens with zero attached hydrogens (tertiary/aromatic N) is 2. The topological polar surface area (TPSA) is 76.0 Å². The summed E-state index contributed by atoms with van der Waals surface area (Å²) in [4.78, 5) is 15.1. The molecule has 32 heavy (non-hydrogen) atoms. The molecule has 2 N–H and O–H groups in total. The van der Waals surface area contributed by atoms with Crippen LogP contribution < -0.4 is 15.0 Å². The van der Waals surface area contributed by atoms with E-state index in [0.717, 1.165) is 24.5 Å². The molecule has 2 heterocycles. The minimum Gasteiger partial charge on any atom is -0.507 e. The van der Waals surface area contributed by atoms with Crippen molar-refractivity contribution in [2.75, 3.05) is 44.9 Å². The third kappa shape index (κ3) is 4.26. The van der Waals surface area contributed by atoms with Crippen molar-refractivity contribution in [2.45, 2.75) is 6.92 Å². The first kappa shape index (κ1) is 22.0. The Balaban J connectivity index is 1.80. The van der Waals surface area contributed by atoms with Gasteiger partial charge in [0.25, 0.3) is 5.91 Å². The van der Waals surface area contributed by atoms with Crippen LogP contribution in [0.25, 0.3) is 16.9 Å². The average Bonchev–Trinajstić information content (AvgIpc) is 3.26. The molecule has 7 nitrogen and oxygen atoms in total. The standard InChI is InChI=1S/C24H26ClN3O4/c1-3-26-24(30)21-9-8-20(18-14-19(25)23(31-2)15-22(18)29)28(21)17-6-4-16(5-7-17)27-10-12-32-13-11-27/h4-9,14-15,29H,3,10-13H2,1-2H3,(H,26,30). The molecule has 0 aliphatic carbocycles. The van der Waals surface area contributed by atoms with Crippen LogP contribution in [0.1, 0.15) is 17.4 Å². The van der Waals surface area contributed by atoms with Crippen LogP contribution in [0.5, 0.6) is 11.5 Å². The number of anilines is 1. The summed E-state index contributed by atoms with van der Waals surface area (Å²) < 4.78 is 12.5. The van der Waals surface area contributed by atoms with Crippen LogP contribution in [-0.4, -0.2) is 55.5 Å². The Labute approximate surface area is 192 Å². The van der Waals surface area contributed by atoms with Crippen molar-refractivity contribution in [3.05, 3.63) is 59.2 Å². The van der Waals surface area contributed by atoms with E-state index >= 15 is 0 Å². The van der Waals surface area contributed by atoms with E-state index in [1.165, 1.54) is 13.2 Å². The molecule has 8 heteroatoms.